The van der Waals surface area contributed by atoms with Crippen molar-refractivity contribution in [3.63, 3.8) is 0 Å². The van der Waals surface area contributed by atoms with Crippen LogP contribution in [0, 0.1) is 0 Å². The fourth-order valence-corrected chi connectivity index (χ4v) is 6.91. The van der Waals surface area contributed by atoms with Crippen LogP contribution in [0.3, 0.4) is 0 Å². The largest absolute Gasteiger partial charge is 0.479 e. The Morgan fingerprint density at radius 3 is 2.18 bits per heavy atom. The highest BCUT2D eigenvalue weighted by molar-refractivity contribution is 7.63. The number of nitrogens with zero attached hydrogens (tertiary/aromatic N) is 4. The minimum absolute atomic E-state index is 0.00595. The second-order valence-corrected chi connectivity index (χ2v) is 14.0. The molecule has 2 heterocycles. The van der Waals surface area contributed by atoms with E-state index >= 15 is 0 Å². The molecule has 3 atom stereocenters. The van der Waals surface area contributed by atoms with Crippen LogP contribution in [0.15, 0.2) is 24.8 Å². The van der Waals surface area contributed by atoms with E-state index in [1.165, 1.54) is 81.4 Å². The highest BCUT2D eigenvalue weighted by Gasteiger charge is 2.34. The van der Waals surface area contributed by atoms with Crippen molar-refractivity contribution in [2.75, 3.05) is 38.5 Å². The standard InChI is InChI=1S/C28H51N5O9P2/c1-2-3-4-5-6-7-8-9-10-11-12-13-14-15-16-17-39-18-19-41-44(37,38)42-43(35,36)24-40-25(21-34)20-33-23-32-26-27(29)30-22-31-28(26)33/h2-3,22-23,25,34H,4-21,24H2,1H3,(H,35,36)(H,37,38)(H2,29,30,31)/b3-2+/t25-/m0/s1. The van der Waals surface area contributed by atoms with Gasteiger partial charge in [0.1, 0.15) is 18.2 Å². The minimum atomic E-state index is -4.85. The Morgan fingerprint density at radius 2 is 1.55 bits per heavy atom. The topological polar surface area (TPSA) is 201 Å². The van der Waals surface area contributed by atoms with Crippen molar-refractivity contribution in [2.24, 2.45) is 0 Å². The number of nitrogens with two attached hydrogens (primary N) is 1. The first-order valence-corrected chi connectivity index (χ1v) is 18.8. The summed E-state index contributed by atoms with van der Waals surface area (Å²) in [6.07, 6.45) is 21.1. The Morgan fingerprint density at radius 1 is 0.909 bits per heavy atom. The summed E-state index contributed by atoms with van der Waals surface area (Å²) in [6.45, 7) is 1.79. The van der Waals surface area contributed by atoms with Crippen LogP contribution < -0.4 is 5.73 Å². The number of phosphoric acid groups is 1. The second-order valence-electron chi connectivity index (χ2n) is 10.7. The van der Waals surface area contributed by atoms with Gasteiger partial charge in [0.05, 0.1) is 38.8 Å². The van der Waals surface area contributed by atoms with E-state index in [4.69, 9.17) is 19.7 Å². The Hall–Kier alpha value is -1.73. The Balaban J connectivity index is 1.48. The number of phosphoric ester groups is 1. The predicted octanol–water partition coefficient (Wildman–Crippen LogP) is 5.73. The van der Waals surface area contributed by atoms with Crippen LogP contribution in [-0.4, -0.2) is 73.3 Å². The lowest BCUT2D eigenvalue weighted by molar-refractivity contribution is 0.0196. The van der Waals surface area contributed by atoms with Gasteiger partial charge in [-0.3, -0.25) is 9.09 Å². The summed E-state index contributed by atoms with van der Waals surface area (Å²) in [6, 6.07) is 0. The third kappa shape index (κ3) is 16.5. The predicted molar refractivity (Wildman–Crippen MR) is 169 cm³/mol. The zero-order chi connectivity index (χ0) is 32.1. The lowest BCUT2D eigenvalue weighted by atomic mass is 10.0. The quantitative estimate of drug-likeness (QED) is 0.0513. The molecule has 0 saturated heterocycles. The van der Waals surface area contributed by atoms with Crippen LogP contribution in [0.1, 0.15) is 90.4 Å². The third-order valence-electron chi connectivity index (χ3n) is 6.86. The van der Waals surface area contributed by atoms with E-state index in [1.54, 1.807) is 0 Å². The number of imidazole rings is 1. The van der Waals surface area contributed by atoms with Gasteiger partial charge in [0.15, 0.2) is 11.5 Å². The average molecular weight is 664 g/mol. The number of ether oxygens (including phenoxy) is 2. The molecule has 0 aliphatic heterocycles. The Labute approximate surface area is 260 Å². The SMILES string of the molecule is C/C=C/CCCCCCCCCCCCCCOCCOP(=O)(O)OP(=O)(O)CO[C@H](CO)Cn1cnc2c(N)ncnc21. The first-order valence-electron chi connectivity index (χ1n) is 15.5. The lowest BCUT2D eigenvalue weighted by Gasteiger charge is -2.20. The maximum atomic E-state index is 12.3. The van der Waals surface area contributed by atoms with E-state index < -0.39 is 34.5 Å². The molecule has 0 radical (unpaired) electrons. The number of hydrogen-bond acceptors (Lipinski definition) is 11. The van der Waals surface area contributed by atoms with Crippen LogP contribution >= 0.6 is 15.4 Å². The van der Waals surface area contributed by atoms with Crippen LogP contribution in [0.5, 0.6) is 0 Å². The molecule has 16 heteroatoms. The van der Waals surface area contributed by atoms with Crippen LogP contribution in [0.4, 0.5) is 5.82 Å². The van der Waals surface area contributed by atoms with Crippen LogP contribution in [0.2, 0.25) is 0 Å². The van der Waals surface area contributed by atoms with Crippen molar-refractivity contribution in [1.29, 1.82) is 0 Å². The van der Waals surface area contributed by atoms with Gasteiger partial charge < -0.3 is 34.7 Å². The van der Waals surface area contributed by atoms with E-state index in [0.717, 1.165) is 19.3 Å². The smallest absolute Gasteiger partial charge is 0.394 e. The fourth-order valence-electron chi connectivity index (χ4n) is 4.54. The molecule has 14 nitrogen and oxygen atoms in total. The lowest BCUT2D eigenvalue weighted by Crippen LogP contribution is -2.24. The number of rotatable bonds is 27. The molecule has 0 amide bonds. The summed E-state index contributed by atoms with van der Waals surface area (Å²) < 4.78 is 45.9. The molecule has 2 unspecified atom stereocenters. The molecule has 252 valence electrons. The average Bonchev–Trinajstić information content (AvgIpc) is 3.39. The number of aliphatic hydroxyl groups is 1. The van der Waals surface area contributed by atoms with Gasteiger partial charge in [-0.2, -0.15) is 0 Å². The zero-order valence-electron chi connectivity index (χ0n) is 25.9. The molecule has 0 aliphatic carbocycles. The van der Waals surface area contributed by atoms with Crippen LogP contribution in [-0.2, 0) is 34.0 Å². The Bertz CT molecular complexity index is 1180. The number of unbranched alkanes of at least 4 members (excludes halogenated alkanes) is 12. The summed E-state index contributed by atoms with van der Waals surface area (Å²) in [5.41, 5.74) is 6.50. The molecule has 44 heavy (non-hydrogen) atoms. The number of hydrogen-bond donors (Lipinski definition) is 4. The number of fused-ring (bicyclic) bond motifs is 1. The van der Waals surface area contributed by atoms with Crippen molar-refractivity contribution in [2.45, 2.75) is 103 Å². The summed E-state index contributed by atoms with van der Waals surface area (Å²) in [5.74, 6) is 0.177. The molecule has 0 fully saturated rings. The van der Waals surface area contributed by atoms with Gasteiger partial charge in [-0.15, -0.1) is 0 Å². The van der Waals surface area contributed by atoms with Crippen molar-refractivity contribution in [1.82, 2.24) is 19.5 Å². The van der Waals surface area contributed by atoms with E-state index in [-0.39, 0.29) is 25.6 Å². The van der Waals surface area contributed by atoms with Gasteiger partial charge in [0, 0.05) is 6.61 Å². The van der Waals surface area contributed by atoms with Gasteiger partial charge in [-0.1, -0.05) is 76.4 Å². The molecule has 0 saturated carbocycles. The minimum Gasteiger partial charge on any atom is -0.394 e. The normalized spacial score (nSPS) is 15.5. The Kier molecular flexibility index (Phi) is 19.1. The number of allylic oxidation sites excluding steroid dienone is 2. The monoisotopic (exact) mass is 663 g/mol. The molecular weight excluding hydrogens is 612 g/mol. The highest BCUT2D eigenvalue weighted by atomic mass is 31.3. The van der Waals surface area contributed by atoms with E-state index in [9.17, 15) is 24.0 Å². The molecule has 5 N–H and O–H groups in total. The van der Waals surface area contributed by atoms with Crippen molar-refractivity contribution in [3.05, 3.63) is 24.8 Å². The fraction of sp³-hybridized carbons (Fsp3) is 0.750. The molecule has 2 rings (SSSR count). The summed E-state index contributed by atoms with van der Waals surface area (Å²) in [4.78, 5) is 31.9. The molecule has 0 aromatic carbocycles. The van der Waals surface area contributed by atoms with Gasteiger partial charge in [-0.05, 0) is 26.2 Å². The molecule has 0 spiro atoms. The van der Waals surface area contributed by atoms with Crippen LogP contribution in [0.25, 0.3) is 11.2 Å². The number of nitrogen functional groups attached to an aromatic ring is 1. The van der Waals surface area contributed by atoms with E-state index in [2.05, 4.69) is 38.3 Å². The zero-order valence-corrected chi connectivity index (χ0v) is 27.7. The maximum Gasteiger partial charge on any atom is 0.479 e. The molecule has 2 aromatic rings. The van der Waals surface area contributed by atoms with Gasteiger partial charge in [0.25, 0.3) is 0 Å². The first-order chi connectivity index (χ1) is 21.2. The van der Waals surface area contributed by atoms with Gasteiger partial charge in [-0.25, -0.2) is 23.8 Å². The molecule has 0 bridgehead atoms. The van der Waals surface area contributed by atoms with Crippen molar-refractivity contribution >= 4 is 32.4 Å². The third-order valence-corrected chi connectivity index (χ3v) is 9.70. The molecule has 2 aromatic heterocycles. The highest BCUT2D eigenvalue weighted by Crippen LogP contribution is 2.59. The van der Waals surface area contributed by atoms with Crippen molar-refractivity contribution in [3.8, 4) is 0 Å². The second kappa shape index (κ2) is 21.9. The summed E-state index contributed by atoms with van der Waals surface area (Å²) in [5, 5.41) is 9.63. The first kappa shape index (κ1) is 38.5. The van der Waals surface area contributed by atoms with Gasteiger partial charge >= 0.3 is 15.4 Å². The number of aliphatic hydroxyl groups excluding tert-OH is 1. The maximum absolute atomic E-state index is 12.3. The number of aromatic nitrogens is 4. The molecular formula is C28H51N5O9P2. The molecule has 0 aliphatic rings. The number of anilines is 1. The van der Waals surface area contributed by atoms with Crippen molar-refractivity contribution < 1.29 is 42.3 Å². The van der Waals surface area contributed by atoms with Gasteiger partial charge in [0.2, 0.25) is 0 Å². The van der Waals surface area contributed by atoms with E-state index in [1.807, 2.05) is 0 Å². The summed E-state index contributed by atoms with van der Waals surface area (Å²) in [7, 11) is -9.56. The van der Waals surface area contributed by atoms with E-state index in [0.29, 0.717) is 17.8 Å². The summed E-state index contributed by atoms with van der Waals surface area (Å²) >= 11 is 0.